The van der Waals surface area contributed by atoms with Crippen molar-refractivity contribution in [3.8, 4) is 22.3 Å². The molecule has 0 aliphatic heterocycles. The molecule has 0 amide bonds. The molecule has 1 heteroatoms. The molecule has 4 rings (SSSR count). The molecule has 0 aromatic heterocycles. The molecule has 0 saturated heterocycles. The number of allylic oxidation sites excluding steroid dienone is 4. The van der Waals surface area contributed by atoms with Gasteiger partial charge in [-0.25, -0.2) is 0 Å². The minimum absolute atomic E-state index is 0.190. The molecule has 1 unspecified atom stereocenters. The van der Waals surface area contributed by atoms with E-state index in [0.717, 1.165) is 12.8 Å². The number of alkyl halides is 1. The third-order valence-electron chi connectivity index (χ3n) is 7.14. The van der Waals surface area contributed by atoms with Crippen molar-refractivity contribution in [1.82, 2.24) is 0 Å². The summed E-state index contributed by atoms with van der Waals surface area (Å²) < 4.78 is -0.190. The third kappa shape index (κ3) is 6.64. The Morgan fingerprint density at radius 2 is 1.40 bits per heavy atom. The van der Waals surface area contributed by atoms with Gasteiger partial charge in [0.15, 0.2) is 0 Å². The smallest absolute Gasteiger partial charge is 0.0731 e. The molecule has 0 nitrogen and oxygen atoms in total. The Labute approximate surface area is 221 Å². The molecule has 1 atom stereocenters. The van der Waals surface area contributed by atoms with E-state index in [0.29, 0.717) is 0 Å². The monoisotopic (exact) mass is 526 g/mol. The molecule has 182 valence electrons. The minimum Gasteiger partial charge on any atom is -0.0822 e. The van der Waals surface area contributed by atoms with Crippen molar-refractivity contribution in [1.29, 1.82) is 0 Å². The summed E-state index contributed by atoms with van der Waals surface area (Å²) in [5, 5.41) is 0. The van der Waals surface area contributed by atoms with Crippen molar-refractivity contribution in [3.05, 3.63) is 108 Å². The molecule has 1 aliphatic carbocycles. The molecule has 0 radical (unpaired) electrons. The number of unbranched alkanes of at least 4 members (excludes halogenated alkanes) is 4. The zero-order valence-corrected chi connectivity index (χ0v) is 23.0. The average molecular weight is 528 g/mol. The Bertz CT molecular complexity index is 1140. The summed E-state index contributed by atoms with van der Waals surface area (Å²) in [7, 11) is 0. The average Bonchev–Trinajstić information content (AvgIpc) is 2.90. The first-order valence-corrected chi connectivity index (χ1v) is 14.3. The van der Waals surface area contributed by atoms with Crippen LogP contribution in [-0.4, -0.2) is 0 Å². The Morgan fingerprint density at radius 3 is 2.11 bits per heavy atom. The standard InChI is InChI=1S/C34H39Br/c1-3-5-8-13-27-18-20-29(21-19-27)31-22-23-32(30-16-10-7-11-17-30)33(25-31)34(35)24-12-15-28(26-34)14-9-6-4-2/h7,10-12,15-23,25-26H,3-6,8-9,13-14,24H2,1-2H3. The largest absolute Gasteiger partial charge is 0.0822 e. The lowest BCUT2D eigenvalue weighted by molar-refractivity contribution is 0.704. The van der Waals surface area contributed by atoms with Gasteiger partial charge in [0, 0.05) is 0 Å². The van der Waals surface area contributed by atoms with E-state index in [1.807, 2.05) is 0 Å². The van der Waals surface area contributed by atoms with Gasteiger partial charge >= 0.3 is 0 Å². The SMILES string of the molecule is CCCCCC1=CC(Br)(c2cc(-c3ccc(CCCCC)cc3)ccc2-c2ccccc2)CC=C1. The highest BCUT2D eigenvalue weighted by molar-refractivity contribution is 9.09. The summed E-state index contributed by atoms with van der Waals surface area (Å²) in [6.07, 6.45) is 18.1. The number of hydrogen-bond donors (Lipinski definition) is 0. The molecule has 0 N–H and O–H groups in total. The van der Waals surface area contributed by atoms with Crippen LogP contribution in [0.4, 0.5) is 0 Å². The van der Waals surface area contributed by atoms with Gasteiger partial charge in [-0.3, -0.25) is 0 Å². The third-order valence-corrected chi connectivity index (χ3v) is 8.12. The van der Waals surface area contributed by atoms with E-state index in [1.165, 1.54) is 83.9 Å². The predicted octanol–water partition coefficient (Wildman–Crippen LogP) is 10.8. The second-order valence-electron chi connectivity index (χ2n) is 9.93. The van der Waals surface area contributed by atoms with E-state index in [-0.39, 0.29) is 4.32 Å². The number of rotatable bonds is 11. The van der Waals surface area contributed by atoms with E-state index >= 15 is 0 Å². The molecular formula is C34H39Br. The fourth-order valence-electron chi connectivity index (χ4n) is 5.09. The van der Waals surface area contributed by atoms with Gasteiger partial charge < -0.3 is 0 Å². The Kier molecular flexibility index (Phi) is 9.21. The Hall–Kier alpha value is -2.38. The first-order valence-electron chi connectivity index (χ1n) is 13.5. The van der Waals surface area contributed by atoms with Crippen LogP contribution in [0.15, 0.2) is 96.6 Å². The lowest BCUT2D eigenvalue weighted by Crippen LogP contribution is -2.18. The lowest BCUT2D eigenvalue weighted by atomic mass is 9.82. The first-order chi connectivity index (χ1) is 17.1. The van der Waals surface area contributed by atoms with E-state index in [2.05, 4.69) is 121 Å². The van der Waals surface area contributed by atoms with Crippen LogP contribution in [0.1, 0.15) is 76.3 Å². The quantitative estimate of drug-likeness (QED) is 0.172. The van der Waals surface area contributed by atoms with Gasteiger partial charge in [-0.2, -0.15) is 0 Å². The summed E-state index contributed by atoms with van der Waals surface area (Å²) in [6, 6.07) is 27.1. The summed E-state index contributed by atoms with van der Waals surface area (Å²) >= 11 is 4.23. The number of aryl methyl sites for hydroxylation is 1. The fraction of sp³-hybridized carbons (Fsp3) is 0.353. The summed E-state index contributed by atoms with van der Waals surface area (Å²) in [4.78, 5) is 0. The maximum absolute atomic E-state index is 4.23. The van der Waals surface area contributed by atoms with Gasteiger partial charge in [0.05, 0.1) is 4.32 Å². The number of halogens is 1. The van der Waals surface area contributed by atoms with Crippen molar-refractivity contribution in [2.45, 2.75) is 76.0 Å². The molecule has 1 aliphatic rings. The number of hydrogen-bond acceptors (Lipinski definition) is 0. The van der Waals surface area contributed by atoms with Crippen LogP contribution in [0.2, 0.25) is 0 Å². The lowest BCUT2D eigenvalue weighted by Gasteiger charge is -2.30. The molecule has 0 bridgehead atoms. The van der Waals surface area contributed by atoms with Crippen LogP contribution >= 0.6 is 15.9 Å². The maximum atomic E-state index is 4.23. The van der Waals surface area contributed by atoms with Crippen LogP contribution in [0.3, 0.4) is 0 Å². The summed E-state index contributed by atoms with van der Waals surface area (Å²) in [5.41, 5.74) is 9.40. The second kappa shape index (κ2) is 12.5. The van der Waals surface area contributed by atoms with Gasteiger partial charge in [-0.05, 0) is 71.6 Å². The van der Waals surface area contributed by atoms with Gasteiger partial charge in [-0.15, -0.1) is 0 Å². The van der Waals surface area contributed by atoms with Gasteiger partial charge in [0.2, 0.25) is 0 Å². The van der Waals surface area contributed by atoms with Crippen LogP contribution < -0.4 is 0 Å². The predicted molar refractivity (Wildman–Crippen MR) is 157 cm³/mol. The van der Waals surface area contributed by atoms with E-state index < -0.39 is 0 Å². The Morgan fingerprint density at radius 1 is 0.714 bits per heavy atom. The van der Waals surface area contributed by atoms with Crippen LogP contribution in [0.5, 0.6) is 0 Å². The van der Waals surface area contributed by atoms with Crippen molar-refractivity contribution >= 4 is 15.9 Å². The van der Waals surface area contributed by atoms with Gasteiger partial charge in [0.25, 0.3) is 0 Å². The van der Waals surface area contributed by atoms with Crippen molar-refractivity contribution in [2.75, 3.05) is 0 Å². The number of benzene rings is 3. The zero-order chi connectivity index (χ0) is 24.5. The van der Waals surface area contributed by atoms with Gasteiger partial charge in [-0.1, -0.05) is 146 Å². The maximum Gasteiger partial charge on any atom is 0.0731 e. The highest BCUT2D eigenvalue weighted by Gasteiger charge is 2.31. The van der Waals surface area contributed by atoms with Crippen LogP contribution in [0, 0.1) is 0 Å². The molecule has 0 spiro atoms. The summed E-state index contributed by atoms with van der Waals surface area (Å²) in [5.74, 6) is 0. The van der Waals surface area contributed by atoms with Gasteiger partial charge in [0.1, 0.15) is 0 Å². The van der Waals surface area contributed by atoms with Crippen molar-refractivity contribution < 1.29 is 0 Å². The van der Waals surface area contributed by atoms with E-state index in [9.17, 15) is 0 Å². The molecule has 35 heavy (non-hydrogen) atoms. The molecule has 0 heterocycles. The fourth-order valence-corrected chi connectivity index (χ4v) is 5.89. The highest BCUT2D eigenvalue weighted by Crippen LogP contribution is 2.46. The Balaban J connectivity index is 1.70. The first kappa shape index (κ1) is 25.7. The molecular weight excluding hydrogens is 488 g/mol. The zero-order valence-electron chi connectivity index (χ0n) is 21.4. The van der Waals surface area contributed by atoms with Crippen LogP contribution in [-0.2, 0) is 10.7 Å². The molecule has 3 aromatic carbocycles. The van der Waals surface area contributed by atoms with Crippen molar-refractivity contribution in [2.24, 2.45) is 0 Å². The normalized spacial score (nSPS) is 17.4. The summed E-state index contributed by atoms with van der Waals surface area (Å²) in [6.45, 7) is 4.54. The van der Waals surface area contributed by atoms with Crippen molar-refractivity contribution in [3.63, 3.8) is 0 Å². The van der Waals surface area contributed by atoms with E-state index in [1.54, 1.807) is 0 Å². The minimum atomic E-state index is -0.190. The van der Waals surface area contributed by atoms with E-state index in [4.69, 9.17) is 0 Å². The van der Waals surface area contributed by atoms with Crippen LogP contribution in [0.25, 0.3) is 22.3 Å². The topological polar surface area (TPSA) is 0 Å². The second-order valence-corrected chi connectivity index (χ2v) is 11.3. The molecule has 3 aromatic rings. The highest BCUT2D eigenvalue weighted by atomic mass is 79.9. The molecule has 0 fully saturated rings. The molecule has 0 saturated carbocycles.